The molecule has 0 saturated heterocycles. The van der Waals surface area contributed by atoms with Crippen molar-refractivity contribution < 1.29 is 0 Å². The summed E-state index contributed by atoms with van der Waals surface area (Å²) >= 11 is 1.90. The number of fused-ring (bicyclic) bond motifs is 1. The van der Waals surface area contributed by atoms with Crippen molar-refractivity contribution in [3.05, 3.63) is 42.1 Å². The zero-order valence-corrected chi connectivity index (χ0v) is 11.8. The highest BCUT2D eigenvalue weighted by atomic mass is 32.2. The van der Waals surface area contributed by atoms with Crippen LogP contribution in [0.4, 0.5) is 0 Å². The molecule has 0 aliphatic heterocycles. The number of hydrogen-bond donors (Lipinski definition) is 1. The number of thioether (sulfide) groups is 1. The molecule has 3 heteroatoms. The molecule has 1 aromatic carbocycles. The molecule has 0 radical (unpaired) electrons. The summed E-state index contributed by atoms with van der Waals surface area (Å²) in [5, 5.41) is 4.86. The van der Waals surface area contributed by atoms with Gasteiger partial charge < -0.3 is 5.32 Å². The van der Waals surface area contributed by atoms with E-state index in [2.05, 4.69) is 47.7 Å². The third kappa shape index (κ3) is 3.03. The Balaban J connectivity index is 2.36. The van der Waals surface area contributed by atoms with Crippen molar-refractivity contribution in [3.63, 3.8) is 0 Å². The third-order valence-corrected chi connectivity index (χ3v) is 3.76. The zero-order chi connectivity index (χ0) is 12.8. The first-order chi connectivity index (χ1) is 8.86. The highest BCUT2D eigenvalue weighted by Crippen LogP contribution is 2.25. The molecule has 1 N–H and O–H groups in total. The smallest absolute Gasteiger partial charge is 0.0705 e. The number of aromatic nitrogens is 1. The molecule has 0 fully saturated rings. The first-order valence-electron chi connectivity index (χ1n) is 6.42. The van der Waals surface area contributed by atoms with Crippen LogP contribution in [0.15, 0.2) is 36.5 Å². The van der Waals surface area contributed by atoms with Crippen LogP contribution >= 0.6 is 11.8 Å². The summed E-state index contributed by atoms with van der Waals surface area (Å²) in [6.07, 6.45) is 5.17. The molecule has 0 bridgehead atoms. The molecule has 96 valence electrons. The highest BCUT2D eigenvalue weighted by Gasteiger charge is 2.12. The molecule has 2 aromatic rings. The Morgan fingerprint density at radius 2 is 2.17 bits per heavy atom. The van der Waals surface area contributed by atoms with E-state index in [-0.39, 0.29) is 0 Å². The molecule has 2 nitrogen and oxygen atoms in total. The van der Waals surface area contributed by atoms with Gasteiger partial charge in [0.1, 0.15) is 0 Å². The first kappa shape index (κ1) is 13.4. The van der Waals surface area contributed by atoms with Crippen LogP contribution in [-0.2, 0) is 0 Å². The van der Waals surface area contributed by atoms with Gasteiger partial charge in [-0.25, -0.2) is 0 Å². The number of hydrogen-bond acceptors (Lipinski definition) is 3. The maximum absolute atomic E-state index is 4.43. The summed E-state index contributed by atoms with van der Waals surface area (Å²) in [7, 11) is 0. The Hall–Kier alpha value is -1.06. The standard InChI is InChI=1S/C15H20N2S/c1-3-16-15(9-11-18-2)12-6-4-8-14-13(12)7-5-10-17-14/h4-8,10,15-16H,3,9,11H2,1-2H3. The van der Waals surface area contributed by atoms with Gasteiger partial charge in [-0.05, 0) is 42.7 Å². The van der Waals surface area contributed by atoms with Crippen molar-refractivity contribution >= 4 is 22.7 Å². The van der Waals surface area contributed by atoms with E-state index in [1.807, 2.05) is 24.0 Å². The second-order valence-corrected chi connectivity index (χ2v) is 5.29. The van der Waals surface area contributed by atoms with Gasteiger partial charge in [0.05, 0.1) is 5.52 Å². The minimum atomic E-state index is 0.426. The number of nitrogens with one attached hydrogen (secondary N) is 1. The Morgan fingerprint density at radius 1 is 1.28 bits per heavy atom. The summed E-state index contributed by atoms with van der Waals surface area (Å²) in [5.74, 6) is 1.17. The lowest BCUT2D eigenvalue weighted by atomic mass is 9.99. The summed E-state index contributed by atoms with van der Waals surface area (Å²) in [5.41, 5.74) is 2.46. The van der Waals surface area contributed by atoms with E-state index < -0.39 is 0 Å². The molecular weight excluding hydrogens is 240 g/mol. The quantitative estimate of drug-likeness (QED) is 0.858. The van der Waals surface area contributed by atoms with E-state index in [4.69, 9.17) is 0 Å². The lowest BCUT2D eigenvalue weighted by molar-refractivity contribution is 0.544. The fraction of sp³-hybridized carbons (Fsp3) is 0.400. The summed E-state index contributed by atoms with van der Waals surface area (Å²) in [6, 6.07) is 11.0. The van der Waals surface area contributed by atoms with Gasteiger partial charge in [-0.2, -0.15) is 11.8 Å². The predicted octanol–water partition coefficient (Wildman–Crippen LogP) is 3.64. The van der Waals surface area contributed by atoms with Crippen molar-refractivity contribution in [1.29, 1.82) is 0 Å². The van der Waals surface area contributed by atoms with Crippen LogP contribution in [0.5, 0.6) is 0 Å². The van der Waals surface area contributed by atoms with Crippen LogP contribution in [0, 0.1) is 0 Å². The first-order valence-corrected chi connectivity index (χ1v) is 7.82. The van der Waals surface area contributed by atoms with Crippen molar-refractivity contribution in [1.82, 2.24) is 10.3 Å². The molecule has 0 aliphatic carbocycles. The highest BCUT2D eigenvalue weighted by molar-refractivity contribution is 7.98. The topological polar surface area (TPSA) is 24.9 Å². The van der Waals surface area contributed by atoms with Crippen LogP contribution < -0.4 is 5.32 Å². The molecule has 1 heterocycles. The summed E-state index contributed by atoms with van der Waals surface area (Å²) < 4.78 is 0. The van der Waals surface area contributed by atoms with Crippen molar-refractivity contribution in [3.8, 4) is 0 Å². The van der Waals surface area contributed by atoms with Gasteiger partial charge in [0.25, 0.3) is 0 Å². The fourth-order valence-electron chi connectivity index (χ4n) is 2.28. The van der Waals surface area contributed by atoms with E-state index in [9.17, 15) is 0 Å². The second kappa shape index (κ2) is 6.76. The van der Waals surface area contributed by atoms with E-state index >= 15 is 0 Å². The summed E-state index contributed by atoms with van der Waals surface area (Å²) in [6.45, 7) is 3.16. The minimum absolute atomic E-state index is 0.426. The van der Waals surface area contributed by atoms with Gasteiger partial charge in [-0.15, -0.1) is 0 Å². The molecular formula is C15H20N2S. The average Bonchev–Trinajstić information content (AvgIpc) is 2.43. The van der Waals surface area contributed by atoms with Crippen molar-refractivity contribution in [2.24, 2.45) is 0 Å². The molecule has 0 amide bonds. The summed E-state index contributed by atoms with van der Waals surface area (Å²) in [4.78, 5) is 4.43. The Labute approximate surface area is 113 Å². The normalized spacial score (nSPS) is 12.8. The van der Waals surface area contributed by atoms with Crippen LogP contribution in [-0.4, -0.2) is 23.5 Å². The number of rotatable bonds is 6. The third-order valence-electron chi connectivity index (χ3n) is 3.12. The van der Waals surface area contributed by atoms with Gasteiger partial charge in [0.15, 0.2) is 0 Å². The minimum Gasteiger partial charge on any atom is -0.310 e. The number of benzene rings is 1. The van der Waals surface area contributed by atoms with E-state index in [0.717, 1.165) is 18.5 Å². The van der Waals surface area contributed by atoms with Crippen molar-refractivity contribution in [2.75, 3.05) is 18.6 Å². The average molecular weight is 260 g/mol. The van der Waals surface area contributed by atoms with E-state index in [0.29, 0.717) is 6.04 Å². The molecule has 1 aromatic heterocycles. The maximum Gasteiger partial charge on any atom is 0.0705 e. The zero-order valence-electron chi connectivity index (χ0n) is 11.0. The second-order valence-electron chi connectivity index (χ2n) is 4.31. The van der Waals surface area contributed by atoms with Gasteiger partial charge in [0.2, 0.25) is 0 Å². The van der Waals surface area contributed by atoms with Crippen LogP contribution in [0.3, 0.4) is 0 Å². The van der Waals surface area contributed by atoms with Gasteiger partial charge >= 0.3 is 0 Å². The Kier molecular flexibility index (Phi) is 5.02. The van der Waals surface area contributed by atoms with Crippen LogP contribution in [0.25, 0.3) is 10.9 Å². The molecule has 0 spiro atoms. The maximum atomic E-state index is 4.43. The molecule has 2 rings (SSSR count). The number of nitrogens with zero attached hydrogens (tertiary/aromatic N) is 1. The molecule has 0 aliphatic rings. The lowest BCUT2D eigenvalue weighted by Gasteiger charge is -2.19. The van der Waals surface area contributed by atoms with Crippen molar-refractivity contribution in [2.45, 2.75) is 19.4 Å². The van der Waals surface area contributed by atoms with Gasteiger partial charge in [-0.3, -0.25) is 4.98 Å². The Bertz CT molecular complexity index is 493. The largest absolute Gasteiger partial charge is 0.310 e. The fourth-order valence-corrected chi connectivity index (χ4v) is 2.75. The monoisotopic (exact) mass is 260 g/mol. The van der Waals surface area contributed by atoms with Crippen LogP contribution in [0.1, 0.15) is 24.9 Å². The lowest BCUT2D eigenvalue weighted by Crippen LogP contribution is -2.21. The van der Waals surface area contributed by atoms with Gasteiger partial charge in [0, 0.05) is 17.6 Å². The van der Waals surface area contributed by atoms with E-state index in [1.54, 1.807) is 0 Å². The SMILES string of the molecule is CCNC(CCSC)c1cccc2ncccc12. The predicted molar refractivity (Wildman–Crippen MR) is 81.2 cm³/mol. The van der Waals surface area contributed by atoms with Crippen LogP contribution in [0.2, 0.25) is 0 Å². The number of pyridine rings is 1. The molecule has 1 atom stereocenters. The molecule has 1 unspecified atom stereocenters. The molecule has 18 heavy (non-hydrogen) atoms. The van der Waals surface area contributed by atoms with Gasteiger partial charge in [-0.1, -0.05) is 25.1 Å². The Morgan fingerprint density at radius 3 is 2.94 bits per heavy atom. The molecule has 0 saturated carbocycles. The van der Waals surface area contributed by atoms with E-state index in [1.165, 1.54) is 16.7 Å².